The number of thiazole rings is 1. The lowest BCUT2D eigenvalue weighted by Gasteiger charge is -2.26. The molecule has 1 aromatic heterocycles. The molecular formula is C21H29N3O4S. The Morgan fingerprint density at radius 2 is 1.97 bits per heavy atom. The number of nitrogens with one attached hydrogen (secondary N) is 1. The summed E-state index contributed by atoms with van der Waals surface area (Å²) in [4.78, 5) is 19.4. The minimum absolute atomic E-state index is 0.211. The minimum atomic E-state index is -0.425. The smallest absolute Gasteiger partial charge is 0.407 e. The van der Waals surface area contributed by atoms with Gasteiger partial charge in [-0.05, 0) is 45.0 Å². The summed E-state index contributed by atoms with van der Waals surface area (Å²) in [5.41, 5.74) is 0.697. The van der Waals surface area contributed by atoms with Crippen molar-refractivity contribution in [2.24, 2.45) is 0 Å². The highest BCUT2D eigenvalue weighted by molar-refractivity contribution is 7.15. The Kier molecular flexibility index (Phi) is 7.46. The van der Waals surface area contributed by atoms with Gasteiger partial charge >= 0.3 is 6.09 Å². The molecule has 1 fully saturated rings. The first-order valence-corrected chi connectivity index (χ1v) is 10.6. The Morgan fingerprint density at radius 3 is 2.66 bits per heavy atom. The lowest BCUT2D eigenvalue weighted by molar-refractivity contribution is 0.0322. The van der Waals surface area contributed by atoms with E-state index in [-0.39, 0.29) is 12.1 Å². The summed E-state index contributed by atoms with van der Waals surface area (Å²) < 4.78 is 16.5. The first-order valence-electron chi connectivity index (χ1n) is 9.82. The number of nitrogens with zero attached hydrogens (tertiary/aromatic N) is 2. The normalized spacial score (nSPS) is 15.1. The van der Waals surface area contributed by atoms with Crippen molar-refractivity contribution in [1.82, 2.24) is 15.2 Å². The SMILES string of the molecule is CC(C)(C)NC(=O)OCc1cnc(-c2ccc(OCCN3CCOCC3)cc2)s1. The summed E-state index contributed by atoms with van der Waals surface area (Å²) in [5.74, 6) is 0.848. The highest BCUT2D eigenvalue weighted by Gasteiger charge is 2.15. The molecule has 1 saturated heterocycles. The maximum atomic E-state index is 11.8. The number of hydrogen-bond acceptors (Lipinski definition) is 7. The van der Waals surface area contributed by atoms with Crippen LogP contribution in [0.25, 0.3) is 10.6 Å². The molecule has 0 aliphatic carbocycles. The van der Waals surface area contributed by atoms with Crippen molar-refractivity contribution in [1.29, 1.82) is 0 Å². The van der Waals surface area contributed by atoms with Crippen LogP contribution in [0.2, 0.25) is 0 Å². The summed E-state index contributed by atoms with van der Waals surface area (Å²) in [6, 6.07) is 7.92. The van der Waals surface area contributed by atoms with Gasteiger partial charge in [0, 0.05) is 36.9 Å². The summed E-state index contributed by atoms with van der Waals surface area (Å²) in [6.45, 7) is 11.1. The van der Waals surface area contributed by atoms with Gasteiger partial charge in [0.15, 0.2) is 0 Å². The molecule has 1 aliphatic rings. The van der Waals surface area contributed by atoms with Crippen LogP contribution in [0.3, 0.4) is 0 Å². The predicted molar refractivity (Wildman–Crippen MR) is 113 cm³/mol. The molecule has 1 amide bonds. The van der Waals surface area contributed by atoms with Crippen LogP contribution in [-0.2, 0) is 16.1 Å². The van der Waals surface area contributed by atoms with Gasteiger partial charge < -0.3 is 19.5 Å². The summed E-state index contributed by atoms with van der Waals surface area (Å²) in [6.07, 6.45) is 1.32. The van der Waals surface area contributed by atoms with E-state index in [0.717, 1.165) is 54.0 Å². The number of amides is 1. The van der Waals surface area contributed by atoms with Crippen LogP contribution < -0.4 is 10.1 Å². The molecule has 1 N–H and O–H groups in total. The zero-order chi connectivity index (χ0) is 20.7. The third kappa shape index (κ3) is 7.30. The first kappa shape index (κ1) is 21.5. The highest BCUT2D eigenvalue weighted by Crippen LogP contribution is 2.27. The highest BCUT2D eigenvalue weighted by atomic mass is 32.1. The largest absolute Gasteiger partial charge is 0.492 e. The number of rotatable bonds is 7. The second kappa shape index (κ2) is 10.0. The molecule has 8 heteroatoms. The van der Waals surface area contributed by atoms with Crippen LogP contribution in [0.15, 0.2) is 30.5 Å². The molecular weight excluding hydrogens is 390 g/mol. The van der Waals surface area contributed by atoms with Crippen molar-refractivity contribution in [3.63, 3.8) is 0 Å². The van der Waals surface area contributed by atoms with E-state index in [1.54, 1.807) is 6.20 Å². The Hall–Kier alpha value is -2.16. The van der Waals surface area contributed by atoms with E-state index in [2.05, 4.69) is 15.2 Å². The summed E-state index contributed by atoms with van der Waals surface area (Å²) in [5, 5.41) is 3.66. The van der Waals surface area contributed by atoms with Crippen molar-refractivity contribution in [3.05, 3.63) is 35.3 Å². The number of morpholine rings is 1. The van der Waals surface area contributed by atoms with Gasteiger partial charge in [0.1, 0.15) is 24.0 Å². The van der Waals surface area contributed by atoms with Crippen LogP contribution in [-0.4, -0.2) is 61.0 Å². The minimum Gasteiger partial charge on any atom is -0.492 e. The van der Waals surface area contributed by atoms with Crippen molar-refractivity contribution in [2.75, 3.05) is 39.5 Å². The maximum Gasteiger partial charge on any atom is 0.407 e. The van der Waals surface area contributed by atoms with Gasteiger partial charge in [-0.2, -0.15) is 0 Å². The molecule has 158 valence electrons. The fourth-order valence-corrected chi connectivity index (χ4v) is 3.63. The molecule has 1 aromatic carbocycles. The van der Waals surface area contributed by atoms with E-state index in [9.17, 15) is 4.79 Å². The van der Waals surface area contributed by atoms with Gasteiger partial charge in [-0.3, -0.25) is 4.90 Å². The van der Waals surface area contributed by atoms with Crippen LogP contribution in [0.1, 0.15) is 25.6 Å². The maximum absolute atomic E-state index is 11.8. The molecule has 3 rings (SSSR count). The van der Waals surface area contributed by atoms with Gasteiger partial charge in [-0.1, -0.05) is 0 Å². The van der Waals surface area contributed by atoms with Crippen molar-refractivity contribution in [2.45, 2.75) is 32.9 Å². The molecule has 1 aliphatic heterocycles. The second-order valence-electron chi connectivity index (χ2n) is 7.91. The second-order valence-corrected chi connectivity index (χ2v) is 9.02. The standard InChI is InChI=1S/C21H29N3O4S/c1-21(2,3)23-20(25)28-15-18-14-22-19(29-18)16-4-6-17(7-5-16)27-13-10-24-8-11-26-12-9-24/h4-7,14H,8-13,15H2,1-3H3,(H,23,25). The topological polar surface area (TPSA) is 72.9 Å². The average Bonchev–Trinajstić information content (AvgIpc) is 3.16. The van der Waals surface area contributed by atoms with Crippen molar-refractivity contribution >= 4 is 17.4 Å². The lowest BCUT2D eigenvalue weighted by atomic mass is 10.1. The van der Waals surface area contributed by atoms with Gasteiger partial charge in [0.2, 0.25) is 0 Å². The molecule has 0 spiro atoms. The number of benzene rings is 1. The summed E-state index contributed by atoms with van der Waals surface area (Å²) >= 11 is 1.51. The van der Waals surface area contributed by atoms with Crippen LogP contribution in [0.4, 0.5) is 4.79 Å². The number of aromatic nitrogens is 1. The van der Waals surface area contributed by atoms with Crippen LogP contribution in [0.5, 0.6) is 5.75 Å². The molecule has 2 heterocycles. The van der Waals surface area contributed by atoms with E-state index in [4.69, 9.17) is 14.2 Å². The molecule has 2 aromatic rings. The monoisotopic (exact) mass is 419 g/mol. The van der Waals surface area contributed by atoms with E-state index >= 15 is 0 Å². The Balaban J connectivity index is 1.45. The predicted octanol–water partition coefficient (Wildman–Crippen LogP) is 3.55. The lowest BCUT2D eigenvalue weighted by Crippen LogP contribution is -2.40. The average molecular weight is 420 g/mol. The molecule has 0 unspecified atom stereocenters. The number of ether oxygens (including phenoxy) is 3. The molecule has 0 saturated carbocycles. The zero-order valence-corrected chi connectivity index (χ0v) is 18.1. The number of carbonyl (C=O) groups is 1. The number of hydrogen-bond donors (Lipinski definition) is 1. The quantitative estimate of drug-likeness (QED) is 0.740. The third-order valence-corrected chi connectivity index (χ3v) is 5.28. The van der Waals surface area contributed by atoms with Gasteiger partial charge in [0.25, 0.3) is 0 Å². The van der Waals surface area contributed by atoms with Gasteiger partial charge in [-0.15, -0.1) is 11.3 Å². The van der Waals surface area contributed by atoms with E-state index < -0.39 is 6.09 Å². The molecule has 29 heavy (non-hydrogen) atoms. The van der Waals surface area contributed by atoms with E-state index in [1.165, 1.54) is 11.3 Å². The summed E-state index contributed by atoms with van der Waals surface area (Å²) in [7, 11) is 0. The van der Waals surface area contributed by atoms with Crippen LogP contribution >= 0.6 is 11.3 Å². The Bertz CT molecular complexity index is 780. The van der Waals surface area contributed by atoms with Gasteiger partial charge in [0.05, 0.1) is 18.1 Å². The Labute approximate surface area is 176 Å². The fraction of sp³-hybridized carbons (Fsp3) is 0.524. The zero-order valence-electron chi connectivity index (χ0n) is 17.3. The van der Waals surface area contributed by atoms with Gasteiger partial charge in [-0.25, -0.2) is 9.78 Å². The van der Waals surface area contributed by atoms with E-state index in [0.29, 0.717) is 6.61 Å². The van der Waals surface area contributed by atoms with E-state index in [1.807, 2.05) is 45.0 Å². The molecule has 0 radical (unpaired) electrons. The number of carbonyl (C=O) groups excluding carboxylic acids is 1. The first-order chi connectivity index (χ1) is 13.9. The molecule has 0 bridgehead atoms. The number of alkyl carbamates (subject to hydrolysis) is 1. The third-order valence-electron chi connectivity index (χ3n) is 4.26. The Morgan fingerprint density at radius 1 is 1.24 bits per heavy atom. The van der Waals surface area contributed by atoms with Crippen LogP contribution in [0, 0.1) is 0 Å². The molecule has 0 atom stereocenters. The fourth-order valence-electron chi connectivity index (χ4n) is 2.80. The van der Waals surface area contributed by atoms with Crippen molar-refractivity contribution < 1.29 is 19.0 Å². The van der Waals surface area contributed by atoms with Crippen molar-refractivity contribution in [3.8, 4) is 16.3 Å². The molecule has 7 nitrogen and oxygen atoms in total.